The van der Waals surface area contributed by atoms with E-state index >= 15 is 0 Å². The Hall–Kier alpha value is -3.85. The lowest BCUT2D eigenvalue weighted by Gasteiger charge is -2.31. The standard InChI is InChI=1S/C30H37N3O5S/c1-4-20-31-30(35)24(2)32(21-19-25-11-7-5-8-12-25)29(34)22-33(39(3,36)37)27-15-17-28(18-16-27)38-23-26-13-9-6-10-14-26/h5-18,24H,4,19-23H2,1-3H3,(H,31,35). The van der Waals surface area contributed by atoms with E-state index in [1.54, 1.807) is 31.2 Å². The van der Waals surface area contributed by atoms with Gasteiger partial charge in [0.25, 0.3) is 0 Å². The molecule has 0 saturated heterocycles. The van der Waals surface area contributed by atoms with Crippen LogP contribution in [0.3, 0.4) is 0 Å². The van der Waals surface area contributed by atoms with Gasteiger partial charge in [-0.25, -0.2) is 8.42 Å². The molecule has 9 heteroatoms. The third-order valence-electron chi connectivity index (χ3n) is 6.25. The van der Waals surface area contributed by atoms with Gasteiger partial charge in [0.15, 0.2) is 0 Å². The second-order valence-corrected chi connectivity index (χ2v) is 11.2. The van der Waals surface area contributed by atoms with Crippen LogP contribution in [0.25, 0.3) is 0 Å². The number of ether oxygens (including phenoxy) is 1. The van der Waals surface area contributed by atoms with Crippen molar-refractivity contribution in [1.29, 1.82) is 0 Å². The normalized spacial score (nSPS) is 11.9. The van der Waals surface area contributed by atoms with E-state index in [1.807, 2.05) is 67.6 Å². The van der Waals surface area contributed by atoms with Crippen molar-refractivity contribution >= 4 is 27.5 Å². The van der Waals surface area contributed by atoms with Crippen molar-refractivity contribution in [3.63, 3.8) is 0 Å². The zero-order valence-corrected chi connectivity index (χ0v) is 23.6. The number of rotatable bonds is 14. The van der Waals surface area contributed by atoms with Gasteiger partial charge in [-0.1, -0.05) is 67.6 Å². The van der Waals surface area contributed by atoms with Gasteiger partial charge in [0.1, 0.15) is 24.9 Å². The molecule has 0 spiro atoms. The molecule has 1 N–H and O–H groups in total. The molecule has 0 fully saturated rings. The van der Waals surface area contributed by atoms with Crippen LogP contribution in [0.4, 0.5) is 5.69 Å². The van der Waals surface area contributed by atoms with Gasteiger partial charge < -0.3 is 15.0 Å². The number of hydrogen-bond donors (Lipinski definition) is 1. The third-order valence-corrected chi connectivity index (χ3v) is 7.39. The Balaban J connectivity index is 1.76. The SMILES string of the molecule is CCCNC(=O)C(C)N(CCc1ccccc1)C(=O)CN(c1ccc(OCc2ccccc2)cc1)S(C)(=O)=O. The van der Waals surface area contributed by atoms with Crippen LogP contribution in [-0.4, -0.2) is 57.1 Å². The fraction of sp³-hybridized carbons (Fsp3) is 0.333. The zero-order chi connectivity index (χ0) is 28.3. The van der Waals surface area contributed by atoms with Crippen molar-refractivity contribution in [3.05, 3.63) is 96.1 Å². The summed E-state index contributed by atoms with van der Waals surface area (Å²) in [6.45, 7) is 4.33. The molecule has 8 nitrogen and oxygen atoms in total. The maximum atomic E-state index is 13.6. The molecule has 208 valence electrons. The molecular formula is C30H37N3O5S. The van der Waals surface area contributed by atoms with Crippen LogP contribution in [0.1, 0.15) is 31.4 Å². The number of sulfonamides is 1. The summed E-state index contributed by atoms with van der Waals surface area (Å²) in [5.74, 6) is -0.155. The number of carbonyl (C=O) groups excluding carboxylic acids is 2. The molecule has 1 atom stereocenters. The lowest BCUT2D eigenvalue weighted by Crippen LogP contribution is -2.52. The highest BCUT2D eigenvalue weighted by Gasteiger charge is 2.29. The first-order chi connectivity index (χ1) is 18.7. The van der Waals surface area contributed by atoms with Gasteiger partial charge in [-0.3, -0.25) is 13.9 Å². The highest BCUT2D eigenvalue weighted by Crippen LogP contribution is 2.23. The van der Waals surface area contributed by atoms with Gasteiger partial charge in [-0.2, -0.15) is 0 Å². The van der Waals surface area contributed by atoms with E-state index in [2.05, 4.69) is 5.32 Å². The molecule has 0 aliphatic rings. The van der Waals surface area contributed by atoms with Crippen molar-refractivity contribution in [2.45, 2.75) is 39.3 Å². The van der Waals surface area contributed by atoms with E-state index in [0.717, 1.165) is 28.1 Å². The molecule has 0 heterocycles. The fourth-order valence-electron chi connectivity index (χ4n) is 4.03. The first kappa shape index (κ1) is 29.7. The zero-order valence-electron chi connectivity index (χ0n) is 22.7. The minimum Gasteiger partial charge on any atom is -0.489 e. The molecule has 0 saturated carbocycles. The molecule has 0 aromatic heterocycles. The lowest BCUT2D eigenvalue weighted by molar-refractivity contribution is -0.138. The van der Waals surface area contributed by atoms with Crippen molar-refractivity contribution in [1.82, 2.24) is 10.2 Å². The van der Waals surface area contributed by atoms with E-state index < -0.39 is 28.5 Å². The molecule has 39 heavy (non-hydrogen) atoms. The van der Waals surface area contributed by atoms with Gasteiger partial charge in [0.2, 0.25) is 21.8 Å². The quantitative estimate of drug-likeness (QED) is 0.327. The first-order valence-corrected chi connectivity index (χ1v) is 14.9. The number of anilines is 1. The Labute approximate surface area is 231 Å². The summed E-state index contributed by atoms with van der Waals surface area (Å²) in [5, 5.41) is 2.83. The van der Waals surface area contributed by atoms with E-state index in [0.29, 0.717) is 31.0 Å². The third kappa shape index (κ3) is 9.14. The van der Waals surface area contributed by atoms with Crippen molar-refractivity contribution in [2.75, 3.05) is 30.2 Å². The summed E-state index contributed by atoms with van der Waals surface area (Å²) in [6.07, 6.45) is 2.36. The summed E-state index contributed by atoms with van der Waals surface area (Å²) in [6, 6.07) is 25.2. The van der Waals surface area contributed by atoms with Crippen molar-refractivity contribution in [2.24, 2.45) is 0 Å². The van der Waals surface area contributed by atoms with Gasteiger partial charge >= 0.3 is 0 Å². The molecule has 3 rings (SSSR count). The molecule has 0 radical (unpaired) electrons. The predicted molar refractivity (Wildman–Crippen MR) is 154 cm³/mol. The van der Waals surface area contributed by atoms with Crippen molar-refractivity contribution < 1.29 is 22.7 Å². The topological polar surface area (TPSA) is 96.0 Å². The Morgan fingerprint density at radius 3 is 2.05 bits per heavy atom. The van der Waals surface area contributed by atoms with Gasteiger partial charge in [-0.05, 0) is 55.2 Å². The number of amides is 2. The molecule has 3 aromatic rings. The van der Waals surface area contributed by atoms with Crippen LogP contribution < -0.4 is 14.4 Å². The largest absolute Gasteiger partial charge is 0.489 e. The summed E-state index contributed by atoms with van der Waals surface area (Å²) < 4.78 is 32.4. The number of carbonyl (C=O) groups is 2. The van der Waals surface area contributed by atoms with Crippen LogP contribution in [0.5, 0.6) is 5.75 Å². The molecule has 2 amide bonds. The van der Waals surface area contributed by atoms with Gasteiger partial charge in [0.05, 0.1) is 11.9 Å². The Bertz CT molecular complexity index is 1300. The molecule has 1 unspecified atom stereocenters. The second-order valence-electron chi connectivity index (χ2n) is 9.33. The summed E-state index contributed by atoms with van der Waals surface area (Å²) in [7, 11) is -3.80. The first-order valence-electron chi connectivity index (χ1n) is 13.0. The minimum atomic E-state index is -3.80. The van der Waals surface area contributed by atoms with E-state index in [1.165, 1.54) is 4.90 Å². The lowest BCUT2D eigenvalue weighted by atomic mass is 10.1. The summed E-state index contributed by atoms with van der Waals surface area (Å²) in [5.41, 5.74) is 2.36. The Kier molecular flexibility index (Phi) is 10.9. The number of nitrogens with zero attached hydrogens (tertiary/aromatic N) is 2. The number of benzene rings is 3. The Morgan fingerprint density at radius 2 is 1.49 bits per heavy atom. The maximum Gasteiger partial charge on any atom is 0.244 e. The number of hydrogen-bond acceptors (Lipinski definition) is 5. The predicted octanol–water partition coefficient (Wildman–Crippen LogP) is 4.02. The summed E-state index contributed by atoms with van der Waals surface area (Å²) >= 11 is 0. The number of nitrogens with one attached hydrogen (secondary N) is 1. The molecule has 0 aliphatic carbocycles. The fourth-order valence-corrected chi connectivity index (χ4v) is 4.88. The van der Waals surface area contributed by atoms with E-state index in [-0.39, 0.29) is 12.5 Å². The van der Waals surface area contributed by atoms with Crippen LogP contribution in [-0.2, 0) is 32.6 Å². The van der Waals surface area contributed by atoms with Crippen LogP contribution in [0.15, 0.2) is 84.9 Å². The van der Waals surface area contributed by atoms with Crippen LogP contribution >= 0.6 is 0 Å². The highest BCUT2D eigenvalue weighted by atomic mass is 32.2. The van der Waals surface area contributed by atoms with Crippen LogP contribution in [0.2, 0.25) is 0 Å². The van der Waals surface area contributed by atoms with Crippen LogP contribution in [0, 0.1) is 0 Å². The molecular weight excluding hydrogens is 514 g/mol. The molecule has 3 aromatic carbocycles. The highest BCUT2D eigenvalue weighted by molar-refractivity contribution is 7.92. The molecule has 0 bridgehead atoms. The van der Waals surface area contributed by atoms with Crippen molar-refractivity contribution in [3.8, 4) is 5.75 Å². The average Bonchev–Trinajstić information content (AvgIpc) is 2.94. The van der Waals surface area contributed by atoms with Gasteiger partial charge in [-0.15, -0.1) is 0 Å². The monoisotopic (exact) mass is 551 g/mol. The smallest absolute Gasteiger partial charge is 0.244 e. The summed E-state index contributed by atoms with van der Waals surface area (Å²) in [4.78, 5) is 27.8. The van der Waals surface area contributed by atoms with Gasteiger partial charge in [0, 0.05) is 13.1 Å². The Morgan fingerprint density at radius 1 is 0.897 bits per heavy atom. The maximum absolute atomic E-state index is 13.6. The second kappa shape index (κ2) is 14.3. The average molecular weight is 552 g/mol. The van der Waals surface area contributed by atoms with E-state index in [9.17, 15) is 18.0 Å². The molecule has 0 aliphatic heterocycles. The minimum absolute atomic E-state index is 0.271. The van der Waals surface area contributed by atoms with E-state index in [4.69, 9.17) is 4.74 Å².